The number of carboxylic acids is 4. The minimum absolute atomic E-state index is 0.0219. The number of hydrogen-bond acceptors (Lipinski definition) is 10. The number of ether oxygens (including phenoxy) is 2. The van der Waals surface area contributed by atoms with Gasteiger partial charge in [0.2, 0.25) is 0 Å². The Kier molecular flexibility index (Phi) is 12.6. The molecule has 14 nitrogen and oxygen atoms in total. The summed E-state index contributed by atoms with van der Waals surface area (Å²) in [6.45, 7) is -3.53. The van der Waals surface area contributed by atoms with Crippen molar-refractivity contribution in [3.63, 3.8) is 0 Å². The van der Waals surface area contributed by atoms with Crippen molar-refractivity contribution in [3.05, 3.63) is 0 Å². The predicted octanol–water partition coefficient (Wildman–Crippen LogP) is -3.47. The topological polar surface area (TPSA) is 226 Å². The molecule has 0 bridgehead atoms. The van der Waals surface area contributed by atoms with Crippen molar-refractivity contribution in [3.8, 4) is 0 Å². The Morgan fingerprint density at radius 2 is 0.893 bits per heavy atom. The zero-order chi connectivity index (χ0) is 21.7. The number of aliphatic carboxylic acids is 4. The highest BCUT2D eigenvalue weighted by molar-refractivity contribution is 5.73. The molecule has 2 unspecified atom stereocenters. The van der Waals surface area contributed by atoms with Crippen molar-refractivity contribution in [2.24, 2.45) is 11.5 Å². The number of hydrogen-bond donors (Lipinski definition) is 6. The molecule has 28 heavy (non-hydrogen) atoms. The average molecular weight is 410 g/mol. The van der Waals surface area contributed by atoms with Gasteiger partial charge in [-0.3, -0.25) is 29.0 Å². The fourth-order valence-corrected chi connectivity index (χ4v) is 2.28. The van der Waals surface area contributed by atoms with Crippen molar-refractivity contribution in [2.45, 2.75) is 12.5 Å². The molecular formula is C14H26N4O10. The summed E-state index contributed by atoms with van der Waals surface area (Å²) in [4.78, 5) is 46.3. The molecule has 2 atom stereocenters. The zero-order valence-electron chi connectivity index (χ0n) is 15.1. The lowest BCUT2D eigenvalue weighted by molar-refractivity contribution is -0.204. The van der Waals surface area contributed by atoms with Gasteiger partial charge in [0, 0.05) is 13.1 Å². The number of carbonyl (C=O) groups is 4. The van der Waals surface area contributed by atoms with E-state index in [0.717, 1.165) is 9.80 Å². The maximum Gasteiger partial charge on any atom is 0.317 e. The molecule has 0 fully saturated rings. The smallest absolute Gasteiger partial charge is 0.317 e. The summed E-state index contributed by atoms with van der Waals surface area (Å²) in [6.07, 6.45) is -2.89. The minimum Gasteiger partial charge on any atom is -0.480 e. The second-order valence-corrected chi connectivity index (χ2v) is 5.48. The zero-order valence-corrected chi connectivity index (χ0v) is 15.1. The molecule has 0 aromatic carbocycles. The van der Waals surface area contributed by atoms with E-state index < -0.39 is 62.5 Å². The van der Waals surface area contributed by atoms with Gasteiger partial charge in [-0.1, -0.05) is 0 Å². The first-order valence-corrected chi connectivity index (χ1v) is 8.11. The molecule has 0 saturated heterocycles. The first-order valence-electron chi connectivity index (χ1n) is 8.11. The van der Waals surface area contributed by atoms with Crippen LogP contribution in [0.5, 0.6) is 0 Å². The SMILES string of the molecule is NCCOC(C(OCCN)N(CC(=O)O)CC(=O)O)N(CC(=O)O)CC(=O)O. The van der Waals surface area contributed by atoms with Gasteiger partial charge < -0.3 is 41.4 Å². The summed E-state index contributed by atoms with van der Waals surface area (Å²) in [5, 5.41) is 36.3. The van der Waals surface area contributed by atoms with Crippen LogP contribution in [0.2, 0.25) is 0 Å². The summed E-state index contributed by atoms with van der Waals surface area (Å²) < 4.78 is 10.9. The molecule has 0 amide bonds. The molecule has 14 heteroatoms. The molecule has 0 aliphatic carbocycles. The maximum atomic E-state index is 11.2. The lowest BCUT2D eigenvalue weighted by atomic mass is 10.3. The van der Waals surface area contributed by atoms with E-state index >= 15 is 0 Å². The summed E-state index contributed by atoms with van der Waals surface area (Å²) in [5.74, 6) is -5.54. The molecule has 0 radical (unpaired) electrons. The van der Waals surface area contributed by atoms with Gasteiger partial charge >= 0.3 is 23.9 Å². The summed E-state index contributed by atoms with van der Waals surface area (Å²) >= 11 is 0. The molecule has 0 heterocycles. The van der Waals surface area contributed by atoms with Gasteiger partial charge in [0.05, 0.1) is 39.4 Å². The van der Waals surface area contributed by atoms with Crippen molar-refractivity contribution < 1.29 is 49.1 Å². The quantitative estimate of drug-likeness (QED) is 0.128. The van der Waals surface area contributed by atoms with Gasteiger partial charge in [-0.05, 0) is 0 Å². The average Bonchev–Trinajstić information content (AvgIpc) is 2.55. The van der Waals surface area contributed by atoms with Gasteiger partial charge in [-0.25, -0.2) is 0 Å². The second kappa shape index (κ2) is 13.8. The number of nitrogens with two attached hydrogens (primary N) is 2. The lowest BCUT2D eigenvalue weighted by Gasteiger charge is -2.39. The summed E-state index contributed by atoms with van der Waals surface area (Å²) in [7, 11) is 0. The van der Waals surface area contributed by atoms with Crippen LogP contribution >= 0.6 is 0 Å². The van der Waals surface area contributed by atoms with Crippen LogP contribution in [0.25, 0.3) is 0 Å². The van der Waals surface area contributed by atoms with Crippen LogP contribution in [0, 0.1) is 0 Å². The molecule has 162 valence electrons. The second-order valence-electron chi connectivity index (χ2n) is 5.48. The van der Waals surface area contributed by atoms with E-state index in [1.807, 2.05) is 0 Å². The van der Waals surface area contributed by atoms with Crippen LogP contribution in [-0.2, 0) is 28.7 Å². The summed E-state index contributed by atoms with van der Waals surface area (Å²) in [5.41, 5.74) is 10.8. The van der Waals surface area contributed by atoms with E-state index in [1.165, 1.54) is 0 Å². The molecule has 0 rings (SSSR count). The summed E-state index contributed by atoms with van der Waals surface area (Å²) in [6, 6.07) is 0. The van der Waals surface area contributed by atoms with E-state index in [-0.39, 0.29) is 26.3 Å². The van der Waals surface area contributed by atoms with Gasteiger partial charge in [-0.2, -0.15) is 0 Å². The first kappa shape index (κ1) is 25.6. The highest BCUT2D eigenvalue weighted by Crippen LogP contribution is 2.15. The van der Waals surface area contributed by atoms with Crippen LogP contribution in [0.4, 0.5) is 0 Å². The van der Waals surface area contributed by atoms with Crippen LogP contribution in [0.1, 0.15) is 0 Å². The third-order valence-corrected chi connectivity index (χ3v) is 3.13. The molecule has 8 N–H and O–H groups in total. The Bertz CT molecular complexity index is 454. The van der Waals surface area contributed by atoms with Crippen molar-refractivity contribution >= 4 is 23.9 Å². The van der Waals surface area contributed by atoms with Crippen LogP contribution in [-0.4, -0.2) is 119 Å². The first-order chi connectivity index (χ1) is 13.1. The minimum atomic E-state index is -1.44. The normalized spacial score (nSPS) is 13.4. The van der Waals surface area contributed by atoms with E-state index in [0.29, 0.717) is 0 Å². The van der Waals surface area contributed by atoms with Gasteiger partial charge in [0.25, 0.3) is 0 Å². The van der Waals surface area contributed by atoms with Gasteiger partial charge in [0.1, 0.15) is 0 Å². The maximum absolute atomic E-state index is 11.2. The fourth-order valence-electron chi connectivity index (χ4n) is 2.28. The number of rotatable bonds is 17. The van der Waals surface area contributed by atoms with Gasteiger partial charge in [-0.15, -0.1) is 0 Å². The molecular weight excluding hydrogens is 384 g/mol. The van der Waals surface area contributed by atoms with Crippen molar-refractivity contribution in [1.29, 1.82) is 0 Å². The fraction of sp³-hybridized carbons (Fsp3) is 0.714. The number of nitrogens with zero attached hydrogens (tertiary/aromatic N) is 2. The van der Waals surface area contributed by atoms with E-state index in [9.17, 15) is 19.2 Å². The number of carboxylic acid groups (broad SMARTS) is 4. The standard InChI is InChI=1S/C14H26N4O10/c15-1-3-27-13(17(5-9(19)20)6-10(21)22)14(28-4-2-16)18(7-11(23)24)8-12(25)26/h13-14H,1-8,15-16H2,(H,19,20)(H,21,22)(H,23,24)(H,25,26). The molecule has 0 spiro atoms. The Morgan fingerprint density at radius 1 is 0.643 bits per heavy atom. The molecule has 0 saturated carbocycles. The van der Waals surface area contributed by atoms with Crippen LogP contribution < -0.4 is 11.5 Å². The van der Waals surface area contributed by atoms with Crippen molar-refractivity contribution in [2.75, 3.05) is 52.5 Å². The Morgan fingerprint density at radius 3 is 1.07 bits per heavy atom. The van der Waals surface area contributed by atoms with E-state index in [1.54, 1.807) is 0 Å². The Balaban J connectivity index is 6.00. The third kappa shape index (κ3) is 10.7. The highest BCUT2D eigenvalue weighted by Gasteiger charge is 2.37. The van der Waals surface area contributed by atoms with Crippen LogP contribution in [0.3, 0.4) is 0 Å². The lowest BCUT2D eigenvalue weighted by Crippen LogP contribution is -2.59. The Labute approximate surface area is 160 Å². The Hall–Kier alpha value is -2.36. The van der Waals surface area contributed by atoms with Crippen molar-refractivity contribution in [1.82, 2.24) is 9.80 Å². The van der Waals surface area contributed by atoms with Gasteiger partial charge in [0.15, 0.2) is 12.5 Å². The molecule has 0 aromatic rings. The molecule has 0 aliphatic rings. The predicted molar refractivity (Wildman–Crippen MR) is 91.3 cm³/mol. The van der Waals surface area contributed by atoms with Crippen LogP contribution in [0.15, 0.2) is 0 Å². The molecule has 0 aromatic heterocycles. The molecule has 0 aliphatic heterocycles. The highest BCUT2D eigenvalue weighted by atomic mass is 16.6. The van der Waals surface area contributed by atoms with E-state index in [4.69, 9.17) is 41.4 Å². The third-order valence-electron chi connectivity index (χ3n) is 3.13. The van der Waals surface area contributed by atoms with E-state index in [2.05, 4.69) is 0 Å². The monoisotopic (exact) mass is 410 g/mol. The largest absolute Gasteiger partial charge is 0.480 e.